The Morgan fingerprint density at radius 2 is 1.67 bits per heavy atom. The van der Waals surface area contributed by atoms with E-state index in [1.54, 1.807) is 0 Å². The molecule has 0 saturated heterocycles. The van der Waals surface area contributed by atoms with E-state index in [1.165, 1.54) is 57.9 Å². The molecule has 0 aliphatic heterocycles. The van der Waals surface area contributed by atoms with Crippen LogP contribution in [0.4, 0.5) is 0 Å². The van der Waals surface area contributed by atoms with Crippen LogP contribution in [0.25, 0.3) is 0 Å². The van der Waals surface area contributed by atoms with Gasteiger partial charge in [0.05, 0.1) is 0 Å². The lowest BCUT2D eigenvalue weighted by Crippen LogP contribution is -2.51. The summed E-state index contributed by atoms with van der Waals surface area (Å²) in [7, 11) is 0. The van der Waals surface area contributed by atoms with E-state index < -0.39 is 0 Å². The van der Waals surface area contributed by atoms with Gasteiger partial charge in [-0.15, -0.1) is 0 Å². The van der Waals surface area contributed by atoms with Gasteiger partial charge in [0.2, 0.25) is 0 Å². The first-order chi connectivity index (χ1) is 7.34. The third kappa shape index (κ3) is 2.36. The van der Waals surface area contributed by atoms with Gasteiger partial charge in [-0.3, -0.25) is 4.90 Å². The third-order valence-corrected chi connectivity index (χ3v) is 4.39. The summed E-state index contributed by atoms with van der Waals surface area (Å²) in [6, 6.07) is 2.12. The Hall–Kier alpha value is -0.0800. The zero-order valence-electron chi connectivity index (χ0n) is 9.70. The van der Waals surface area contributed by atoms with Gasteiger partial charge in [-0.25, -0.2) is 0 Å². The minimum Gasteiger partial charge on any atom is -0.326 e. The van der Waals surface area contributed by atoms with Gasteiger partial charge >= 0.3 is 0 Å². The van der Waals surface area contributed by atoms with E-state index in [2.05, 4.69) is 4.90 Å². The van der Waals surface area contributed by atoms with Gasteiger partial charge in [0.15, 0.2) is 0 Å². The highest BCUT2D eigenvalue weighted by atomic mass is 15.2. The highest BCUT2D eigenvalue weighted by Gasteiger charge is 2.39. The highest BCUT2D eigenvalue weighted by Crippen LogP contribution is 2.38. The van der Waals surface area contributed by atoms with Crippen LogP contribution >= 0.6 is 0 Å². The van der Waals surface area contributed by atoms with Crippen molar-refractivity contribution in [2.24, 2.45) is 11.7 Å². The van der Waals surface area contributed by atoms with E-state index in [9.17, 15) is 0 Å². The van der Waals surface area contributed by atoms with E-state index in [0.29, 0.717) is 6.04 Å². The van der Waals surface area contributed by atoms with Gasteiger partial charge in [0.25, 0.3) is 0 Å². The Bertz CT molecular complexity index is 221. The lowest BCUT2D eigenvalue weighted by Gasteiger charge is -2.38. The largest absolute Gasteiger partial charge is 0.326 e. The minimum absolute atomic E-state index is 0.470. The molecular weight excluding hydrogens is 184 g/mol. The van der Waals surface area contributed by atoms with Crippen molar-refractivity contribution >= 4 is 0 Å². The fraction of sp³-hybridized carbons (Fsp3) is 1.00. The Labute approximate surface area is 93.2 Å². The summed E-state index contributed by atoms with van der Waals surface area (Å²) >= 11 is 0. The molecule has 3 saturated carbocycles. The summed E-state index contributed by atoms with van der Waals surface area (Å²) in [5.41, 5.74) is 6.30. The molecule has 3 fully saturated rings. The molecule has 0 heterocycles. The Kier molecular flexibility index (Phi) is 2.73. The van der Waals surface area contributed by atoms with Crippen LogP contribution in [0.1, 0.15) is 51.4 Å². The maximum atomic E-state index is 6.30. The van der Waals surface area contributed by atoms with Crippen molar-refractivity contribution in [1.29, 1.82) is 0 Å². The second-order valence-corrected chi connectivity index (χ2v) is 5.89. The molecule has 2 unspecified atom stereocenters. The maximum Gasteiger partial charge on any atom is 0.0250 e. The first-order valence-corrected chi connectivity index (χ1v) is 6.86. The zero-order chi connectivity index (χ0) is 10.3. The van der Waals surface area contributed by atoms with Crippen LogP contribution < -0.4 is 5.73 Å². The Morgan fingerprint density at radius 3 is 2.27 bits per heavy atom. The smallest absolute Gasteiger partial charge is 0.0250 e. The van der Waals surface area contributed by atoms with Crippen LogP contribution in [-0.4, -0.2) is 29.6 Å². The Balaban J connectivity index is 1.63. The monoisotopic (exact) mass is 208 g/mol. The van der Waals surface area contributed by atoms with Crippen LogP contribution in [0.5, 0.6) is 0 Å². The molecule has 0 aromatic carbocycles. The molecule has 2 N–H and O–H groups in total. The number of hydrogen-bond acceptors (Lipinski definition) is 2. The summed E-state index contributed by atoms with van der Waals surface area (Å²) in [5, 5.41) is 0. The van der Waals surface area contributed by atoms with E-state index in [-0.39, 0.29) is 0 Å². The van der Waals surface area contributed by atoms with Crippen molar-refractivity contribution in [1.82, 2.24) is 4.90 Å². The SMILES string of the molecule is NC1CCCCC1N(CC1CC1)C1CC1. The minimum atomic E-state index is 0.470. The number of hydrogen-bond donors (Lipinski definition) is 1. The second-order valence-electron chi connectivity index (χ2n) is 5.89. The molecule has 3 aliphatic carbocycles. The fourth-order valence-corrected chi connectivity index (χ4v) is 3.11. The van der Waals surface area contributed by atoms with Gasteiger partial charge in [0.1, 0.15) is 0 Å². The predicted octanol–water partition coefficient (Wildman–Crippen LogP) is 2.13. The van der Waals surface area contributed by atoms with Gasteiger partial charge in [-0.05, 0) is 44.4 Å². The van der Waals surface area contributed by atoms with Crippen LogP contribution in [0.2, 0.25) is 0 Å². The molecule has 86 valence electrons. The van der Waals surface area contributed by atoms with Gasteiger partial charge in [-0.1, -0.05) is 12.8 Å². The summed E-state index contributed by atoms with van der Waals surface area (Å²) < 4.78 is 0. The quantitative estimate of drug-likeness (QED) is 0.767. The molecule has 0 spiro atoms. The standard InChI is InChI=1S/C13H24N2/c14-12-3-1-2-4-13(12)15(11-7-8-11)9-10-5-6-10/h10-13H,1-9,14H2. The molecule has 0 radical (unpaired) electrons. The van der Waals surface area contributed by atoms with E-state index in [0.717, 1.165) is 18.0 Å². The fourth-order valence-electron chi connectivity index (χ4n) is 3.11. The number of nitrogens with zero attached hydrogens (tertiary/aromatic N) is 1. The molecular formula is C13H24N2. The third-order valence-electron chi connectivity index (χ3n) is 4.39. The lowest BCUT2D eigenvalue weighted by molar-refractivity contribution is 0.123. The molecule has 3 rings (SSSR count). The van der Waals surface area contributed by atoms with Crippen molar-refractivity contribution in [3.8, 4) is 0 Å². The maximum absolute atomic E-state index is 6.30. The first-order valence-electron chi connectivity index (χ1n) is 6.86. The Morgan fingerprint density at radius 1 is 0.933 bits per heavy atom. The topological polar surface area (TPSA) is 29.3 Å². The summed E-state index contributed by atoms with van der Waals surface area (Å²) in [4.78, 5) is 2.79. The van der Waals surface area contributed by atoms with Crippen molar-refractivity contribution in [3.63, 3.8) is 0 Å². The van der Waals surface area contributed by atoms with Crippen LogP contribution in [0.3, 0.4) is 0 Å². The predicted molar refractivity (Wildman–Crippen MR) is 62.7 cm³/mol. The van der Waals surface area contributed by atoms with Crippen molar-refractivity contribution in [2.45, 2.75) is 69.5 Å². The average molecular weight is 208 g/mol. The zero-order valence-corrected chi connectivity index (χ0v) is 9.70. The second kappa shape index (κ2) is 4.06. The lowest BCUT2D eigenvalue weighted by atomic mass is 9.89. The van der Waals surface area contributed by atoms with Gasteiger partial charge in [-0.2, -0.15) is 0 Å². The summed E-state index contributed by atoms with van der Waals surface area (Å²) in [6.45, 7) is 1.36. The summed E-state index contributed by atoms with van der Waals surface area (Å²) in [5.74, 6) is 1.03. The van der Waals surface area contributed by atoms with Crippen molar-refractivity contribution in [2.75, 3.05) is 6.54 Å². The van der Waals surface area contributed by atoms with E-state index >= 15 is 0 Å². The van der Waals surface area contributed by atoms with Crippen LogP contribution in [-0.2, 0) is 0 Å². The molecule has 15 heavy (non-hydrogen) atoms. The molecule has 2 atom stereocenters. The van der Waals surface area contributed by atoms with Gasteiger partial charge < -0.3 is 5.73 Å². The molecule has 0 aromatic heterocycles. The van der Waals surface area contributed by atoms with E-state index in [1.807, 2.05) is 0 Å². The molecule has 3 aliphatic rings. The number of rotatable bonds is 4. The molecule has 0 bridgehead atoms. The van der Waals surface area contributed by atoms with E-state index in [4.69, 9.17) is 5.73 Å². The van der Waals surface area contributed by atoms with Gasteiger partial charge in [0, 0.05) is 24.7 Å². The molecule has 0 amide bonds. The molecule has 2 heteroatoms. The normalized spacial score (nSPS) is 37.2. The molecule has 2 nitrogen and oxygen atoms in total. The average Bonchev–Trinajstić information content (AvgIpc) is 3.10. The van der Waals surface area contributed by atoms with Crippen molar-refractivity contribution < 1.29 is 0 Å². The van der Waals surface area contributed by atoms with Crippen LogP contribution in [0, 0.1) is 5.92 Å². The molecule has 0 aromatic rings. The first kappa shape index (κ1) is 10.1. The van der Waals surface area contributed by atoms with Crippen LogP contribution in [0.15, 0.2) is 0 Å². The summed E-state index contributed by atoms with van der Waals surface area (Å²) in [6.07, 6.45) is 11.2. The van der Waals surface area contributed by atoms with Crippen molar-refractivity contribution in [3.05, 3.63) is 0 Å². The highest BCUT2D eigenvalue weighted by molar-refractivity contribution is 4.96. The number of nitrogens with two attached hydrogens (primary N) is 1.